The molecule has 76 valence electrons. The van der Waals surface area contributed by atoms with Crippen LogP contribution in [-0.4, -0.2) is 18.3 Å². The highest BCUT2D eigenvalue weighted by molar-refractivity contribution is 5.37. The third-order valence-electron chi connectivity index (χ3n) is 2.88. The number of aliphatic hydroxyl groups is 1. The van der Waals surface area contributed by atoms with E-state index in [0.29, 0.717) is 12.6 Å². The van der Waals surface area contributed by atoms with Crippen molar-refractivity contribution in [3.05, 3.63) is 34.9 Å². The van der Waals surface area contributed by atoms with Crippen LogP contribution in [0.25, 0.3) is 0 Å². The molecular weight excluding hydrogens is 174 g/mol. The summed E-state index contributed by atoms with van der Waals surface area (Å²) in [6.45, 7) is 3.05. The lowest BCUT2D eigenvalue weighted by molar-refractivity contribution is 0.284. The molecule has 1 unspecified atom stereocenters. The summed E-state index contributed by atoms with van der Waals surface area (Å²) >= 11 is 0. The third-order valence-corrected chi connectivity index (χ3v) is 2.88. The fourth-order valence-corrected chi connectivity index (χ4v) is 2.20. The number of hydrogen-bond acceptors (Lipinski definition) is 2. The smallest absolute Gasteiger partial charge is 0.0556 e. The SMILES string of the molecule is Cc1ccc2c(c1)CCC2NCCO. The Morgan fingerprint density at radius 2 is 2.36 bits per heavy atom. The molecule has 1 aliphatic carbocycles. The lowest BCUT2D eigenvalue weighted by Crippen LogP contribution is -2.22. The van der Waals surface area contributed by atoms with Crippen LogP contribution in [0.3, 0.4) is 0 Å². The van der Waals surface area contributed by atoms with Gasteiger partial charge in [-0.05, 0) is 30.9 Å². The van der Waals surface area contributed by atoms with Crippen molar-refractivity contribution in [2.75, 3.05) is 13.2 Å². The van der Waals surface area contributed by atoms with Crippen LogP contribution in [0, 0.1) is 6.92 Å². The summed E-state index contributed by atoms with van der Waals surface area (Å²) < 4.78 is 0. The molecule has 0 spiro atoms. The predicted octanol–water partition coefficient (Wildman–Crippen LogP) is 1.56. The summed E-state index contributed by atoms with van der Waals surface area (Å²) in [6.07, 6.45) is 2.33. The fourth-order valence-electron chi connectivity index (χ4n) is 2.20. The molecule has 2 N–H and O–H groups in total. The van der Waals surface area contributed by atoms with Crippen molar-refractivity contribution < 1.29 is 5.11 Å². The van der Waals surface area contributed by atoms with E-state index < -0.39 is 0 Å². The number of fused-ring (bicyclic) bond motifs is 1. The highest BCUT2D eigenvalue weighted by atomic mass is 16.3. The van der Waals surface area contributed by atoms with Gasteiger partial charge in [-0.25, -0.2) is 0 Å². The van der Waals surface area contributed by atoms with Gasteiger partial charge in [0.05, 0.1) is 6.61 Å². The number of nitrogens with one attached hydrogen (secondary N) is 1. The number of aliphatic hydroxyl groups excluding tert-OH is 1. The molecule has 0 aliphatic heterocycles. The van der Waals surface area contributed by atoms with Gasteiger partial charge in [0, 0.05) is 12.6 Å². The minimum absolute atomic E-state index is 0.220. The zero-order valence-corrected chi connectivity index (χ0v) is 8.59. The minimum atomic E-state index is 0.220. The Hall–Kier alpha value is -0.860. The van der Waals surface area contributed by atoms with Crippen LogP contribution in [0.2, 0.25) is 0 Å². The monoisotopic (exact) mass is 191 g/mol. The summed E-state index contributed by atoms with van der Waals surface area (Å²) in [4.78, 5) is 0. The first kappa shape index (κ1) is 9.69. The van der Waals surface area contributed by atoms with Gasteiger partial charge in [-0.3, -0.25) is 0 Å². The molecule has 1 aromatic rings. The quantitative estimate of drug-likeness (QED) is 0.760. The van der Waals surface area contributed by atoms with Crippen LogP contribution in [-0.2, 0) is 6.42 Å². The van der Waals surface area contributed by atoms with E-state index in [0.717, 1.165) is 0 Å². The molecule has 0 amide bonds. The summed E-state index contributed by atoms with van der Waals surface area (Å²) in [6, 6.07) is 7.11. The van der Waals surface area contributed by atoms with Gasteiger partial charge >= 0.3 is 0 Å². The predicted molar refractivity (Wildman–Crippen MR) is 57.3 cm³/mol. The van der Waals surface area contributed by atoms with E-state index in [1.165, 1.54) is 29.5 Å². The van der Waals surface area contributed by atoms with Crippen molar-refractivity contribution in [1.29, 1.82) is 0 Å². The van der Waals surface area contributed by atoms with Crippen LogP contribution in [0.4, 0.5) is 0 Å². The molecule has 1 atom stereocenters. The van der Waals surface area contributed by atoms with Crippen LogP contribution in [0.1, 0.15) is 29.2 Å². The molecule has 1 aromatic carbocycles. The maximum atomic E-state index is 8.76. The van der Waals surface area contributed by atoms with Crippen molar-refractivity contribution in [3.63, 3.8) is 0 Å². The van der Waals surface area contributed by atoms with Crippen molar-refractivity contribution >= 4 is 0 Å². The second-order valence-corrected chi connectivity index (χ2v) is 3.97. The number of aryl methyl sites for hydroxylation is 2. The summed E-state index contributed by atoms with van der Waals surface area (Å²) in [5.74, 6) is 0. The van der Waals surface area contributed by atoms with E-state index in [9.17, 15) is 0 Å². The molecule has 0 aromatic heterocycles. The van der Waals surface area contributed by atoms with Crippen molar-refractivity contribution in [2.45, 2.75) is 25.8 Å². The normalized spacial score (nSPS) is 19.7. The molecule has 0 radical (unpaired) electrons. The highest BCUT2D eigenvalue weighted by Crippen LogP contribution is 2.31. The number of rotatable bonds is 3. The van der Waals surface area contributed by atoms with Crippen molar-refractivity contribution in [1.82, 2.24) is 5.32 Å². The molecule has 1 aliphatic rings. The van der Waals surface area contributed by atoms with Crippen molar-refractivity contribution in [3.8, 4) is 0 Å². The molecule has 14 heavy (non-hydrogen) atoms. The van der Waals surface area contributed by atoms with Gasteiger partial charge in [-0.15, -0.1) is 0 Å². The minimum Gasteiger partial charge on any atom is -0.395 e. The van der Waals surface area contributed by atoms with E-state index in [1.54, 1.807) is 0 Å². The maximum absolute atomic E-state index is 8.76. The Morgan fingerprint density at radius 3 is 3.14 bits per heavy atom. The first-order valence-corrected chi connectivity index (χ1v) is 5.25. The second-order valence-electron chi connectivity index (χ2n) is 3.97. The van der Waals surface area contributed by atoms with Crippen LogP contribution in [0.5, 0.6) is 0 Å². The van der Waals surface area contributed by atoms with Crippen LogP contribution < -0.4 is 5.32 Å². The Morgan fingerprint density at radius 1 is 1.50 bits per heavy atom. The van der Waals surface area contributed by atoms with Gasteiger partial charge in [0.1, 0.15) is 0 Å². The Balaban J connectivity index is 2.14. The van der Waals surface area contributed by atoms with Gasteiger partial charge in [-0.1, -0.05) is 23.8 Å². The van der Waals surface area contributed by atoms with Gasteiger partial charge in [-0.2, -0.15) is 0 Å². The van der Waals surface area contributed by atoms with Crippen LogP contribution >= 0.6 is 0 Å². The van der Waals surface area contributed by atoms with E-state index in [1.807, 2.05) is 0 Å². The van der Waals surface area contributed by atoms with Gasteiger partial charge in [0.2, 0.25) is 0 Å². The second kappa shape index (κ2) is 4.11. The third kappa shape index (κ3) is 1.81. The summed E-state index contributed by atoms with van der Waals surface area (Å²) in [5.41, 5.74) is 4.23. The van der Waals surface area contributed by atoms with E-state index in [4.69, 9.17) is 5.11 Å². The largest absolute Gasteiger partial charge is 0.395 e. The molecule has 0 saturated heterocycles. The highest BCUT2D eigenvalue weighted by Gasteiger charge is 2.21. The Kier molecular flexibility index (Phi) is 2.85. The topological polar surface area (TPSA) is 32.3 Å². The summed E-state index contributed by atoms with van der Waals surface area (Å²) in [7, 11) is 0. The standard InChI is InChI=1S/C12H17NO/c1-9-2-4-11-10(8-9)3-5-12(11)13-6-7-14/h2,4,8,12-14H,3,5-7H2,1H3. The average molecular weight is 191 g/mol. The maximum Gasteiger partial charge on any atom is 0.0556 e. The Labute approximate surface area is 85.0 Å². The molecule has 2 nitrogen and oxygen atoms in total. The molecule has 2 heteroatoms. The van der Waals surface area contributed by atoms with E-state index in [2.05, 4.69) is 30.4 Å². The molecular formula is C12H17NO. The zero-order valence-electron chi connectivity index (χ0n) is 8.59. The first-order chi connectivity index (χ1) is 6.81. The number of hydrogen-bond donors (Lipinski definition) is 2. The average Bonchev–Trinajstić information content (AvgIpc) is 2.57. The van der Waals surface area contributed by atoms with Crippen molar-refractivity contribution in [2.24, 2.45) is 0 Å². The molecule has 2 rings (SSSR count). The zero-order chi connectivity index (χ0) is 9.97. The molecule has 0 bridgehead atoms. The molecule has 0 saturated carbocycles. The molecule has 0 fully saturated rings. The lowest BCUT2D eigenvalue weighted by Gasteiger charge is -2.12. The van der Waals surface area contributed by atoms with Gasteiger partial charge < -0.3 is 10.4 Å². The summed E-state index contributed by atoms with van der Waals surface area (Å²) in [5, 5.41) is 12.1. The number of benzene rings is 1. The first-order valence-electron chi connectivity index (χ1n) is 5.25. The lowest BCUT2D eigenvalue weighted by atomic mass is 10.1. The molecule has 0 heterocycles. The van der Waals surface area contributed by atoms with E-state index in [-0.39, 0.29) is 6.61 Å². The van der Waals surface area contributed by atoms with Gasteiger partial charge in [0.15, 0.2) is 0 Å². The fraction of sp³-hybridized carbons (Fsp3) is 0.500. The Bertz CT molecular complexity index is 322. The van der Waals surface area contributed by atoms with Crippen LogP contribution in [0.15, 0.2) is 18.2 Å². The van der Waals surface area contributed by atoms with E-state index >= 15 is 0 Å². The van der Waals surface area contributed by atoms with Gasteiger partial charge in [0.25, 0.3) is 0 Å².